The predicted molar refractivity (Wildman–Crippen MR) is 266 cm³/mol. The monoisotopic (exact) mass is 852 g/mol. The molecule has 6 nitrogen and oxygen atoms in total. The highest BCUT2D eigenvalue weighted by molar-refractivity contribution is 6.21. The third-order valence-electron chi connectivity index (χ3n) is 15.0. The van der Waals surface area contributed by atoms with E-state index in [0.29, 0.717) is 0 Å². The van der Waals surface area contributed by atoms with Crippen LogP contribution in [0.4, 0.5) is 34.1 Å². The molecule has 11 aromatic rings. The number of hydrogen-bond acceptors (Lipinski definition) is 6. The Morgan fingerprint density at radius 1 is 0.348 bits per heavy atom. The Morgan fingerprint density at radius 2 is 0.682 bits per heavy atom. The number of ether oxygens (including phenoxy) is 2. The quantitative estimate of drug-likeness (QED) is 0.173. The van der Waals surface area contributed by atoms with Crippen molar-refractivity contribution in [2.24, 2.45) is 0 Å². The van der Waals surface area contributed by atoms with Crippen molar-refractivity contribution in [3.63, 3.8) is 0 Å². The summed E-state index contributed by atoms with van der Waals surface area (Å²) in [5, 5.41) is 4.33. The number of rotatable bonds is 2. The minimum atomic E-state index is -0.395. The van der Waals surface area contributed by atoms with Gasteiger partial charge in [0.05, 0.1) is 44.9 Å². The fourth-order valence-corrected chi connectivity index (χ4v) is 11.9. The SMILES string of the molecule is CC1(C)c2cc3c(cc2-c2c1cc(N1c4ccccc4Oc4ccccc41)c1c2oc2ccccc21)C(C)(C)c1cc(N2c4ccccc4Oc4ccccc42)c2c(oc4ccccc42)c1-3. The van der Waals surface area contributed by atoms with Gasteiger partial charge in [0.1, 0.15) is 22.3 Å². The summed E-state index contributed by atoms with van der Waals surface area (Å²) in [6, 6.07) is 60.1. The largest absolute Gasteiger partial charge is 0.455 e. The summed E-state index contributed by atoms with van der Waals surface area (Å²) >= 11 is 0. The summed E-state index contributed by atoms with van der Waals surface area (Å²) in [7, 11) is 0. The van der Waals surface area contributed by atoms with E-state index in [9.17, 15) is 0 Å². The molecule has 0 saturated heterocycles. The van der Waals surface area contributed by atoms with Gasteiger partial charge < -0.3 is 28.1 Å². The van der Waals surface area contributed by atoms with E-state index in [1.807, 2.05) is 24.3 Å². The van der Waals surface area contributed by atoms with Gasteiger partial charge in [-0.25, -0.2) is 0 Å². The van der Waals surface area contributed by atoms with E-state index in [1.165, 1.54) is 33.4 Å². The summed E-state index contributed by atoms with van der Waals surface area (Å²) in [5.41, 5.74) is 18.6. The molecule has 314 valence electrons. The highest BCUT2D eigenvalue weighted by Crippen LogP contribution is 2.63. The Morgan fingerprint density at radius 3 is 1.06 bits per heavy atom. The van der Waals surface area contributed by atoms with Crippen molar-refractivity contribution in [1.29, 1.82) is 0 Å². The maximum absolute atomic E-state index is 7.13. The van der Waals surface area contributed by atoms with Crippen molar-refractivity contribution in [3.05, 3.63) is 192 Å². The lowest BCUT2D eigenvalue weighted by atomic mass is 9.79. The van der Waals surface area contributed by atoms with Gasteiger partial charge >= 0.3 is 0 Å². The summed E-state index contributed by atoms with van der Waals surface area (Å²) in [4.78, 5) is 4.75. The number of furan rings is 2. The van der Waals surface area contributed by atoms with Crippen molar-refractivity contribution in [2.75, 3.05) is 9.80 Å². The molecule has 9 aromatic carbocycles. The average molecular weight is 853 g/mol. The Bertz CT molecular complexity index is 3630. The van der Waals surface area contributed by atoms with Crippen LogP contribution in [0.15, 0.2) is 179 Å². The fourth-order valence-electron chi connectivity index (χ4n) is 11.9. The lowest BCUT2D eigenvalue weighted by molar-refractivity contribution is 0.477. The van der Waals surface area contributed by atoms with Gasteiger partial charge in [-0.3, -0.25) is 0 Å². The van der Waals surface area contributed by atoms with Crippen molar-refractivity contribution >= 4 is 78.0 Å². The van der Waals surface area contributed by atoms with E-state index in [4.69, 9.17) is 18.3 Å². The van der Waals surface area contributed by atoms with Crippen LogP contribution in [0.5, 0.6) is 23.0 Å². The molecule has 4 aliphatic rings. The van der Waals surface area contributed by atoms with Gasteiger partial charge in [0.2, 0.25) is 0 Å². The number of benzene rings is 9. The van der Waals surface area contributed by atoms with Gasteiger partial charge in [-0.2, -0.15) is 0 Å². The molecule has 0 N–H and O–H groups in total. The van der Waals surface area contributed by atoms with Crippen LogP contribution >= 0.6 is 0 Å². The van der Waals surface area contributed by atoms with Crippen LogP contribution in [0.25, 0.3) is 66.1 Å². The van der Waals surface area contributed by atoms with E-state index in [1.54, 1.807) is 0 Å². The first-order valence-electron chi connectivity index (χ1n) is 22.7. The van der Waals surface area contributed by atoms with Crippen LogP contribution in [0.1, 0.15) is 49.9 Å². The van der Waals surface area contributed by atoms with Gasteiger partial charge in [0.25, 0.3) is 0 Å². The molecule has 0 spiro atoms. The van der Waals surface area contributed by atoms with Crippen molar-refractivity contribution in [3.8, 4) is 45.3 Å². The predicted octanol–water partition coefficient (Wildman–Crippen LogP) is 17.2. The number of hydrogen-bond donors (Lipinski definition) is 0. The van der Waals surface area contributed by atoms with Crippen molar-refractivity contribution < 1.29 is 18.3 Å². The second kappa shape index (κ2) is 12.3. The molecule has 4 heterocycles. The second-order valence-electron chi connectivity index (χ2n) is 19.2. The van der Waals surface area contributed by atoms with E-state index >= 15 is 0 Å². The van der Waals surface area contributed by atoms with Gasteiger partial charge in [0, 0.05) is 32.7 Å². The van der Waals surface area contributed by atoms with E-state index < -0.39 is 10.8 Å². The molecule has 0 fully saturated rings. The minimum Gasteiger partial charge on any atom is -0.455 e. The van der Waals surface area contributed by atoms with Crippen LogP contribution in [-0.2, 0) is 10.8 Å². The molecular weight excluding hydrogens is 813 g/mol. The van der Waals surface area contributed by atoms with Crippen LogP contribution in [0, 0.1) is 0 Å². The molecule has 0 unspecified atom stereocenters. The Hall–Kier alpha value is -8.22. The zero-order valence-electron chi connectivity index (χ0n) is 36.7. The maximum Gasteiger partial charge on any atom is 0.151 e. The molecular formula is C60H40N2O4. The molecule has 15 rings (SSSR count). The zero-order valence-corrected chi connectivity index (χ0v) is 36.7. The Kier molecular flexibility index (Phi) is 6.75. The normalized spacial score (nSPS) is 15.4. The van der Waals surface area contributed by atoms with Crippen molar-refractivity contribution in [1.82, 2.24) is 0 Å². The molecule has 0 radical (unpaired) electrons. The van der Waals surface area contributed by atoms with Crippen LogP contribution < -0.4 is 19.3 Å². The number of nitrogens with zero attached hydrogens (tertiary/aromatic N) is 2. The first-order chi connectivity index (χ1) is 32.3. The molecule has 66 heavy (non-hydrogen) atoms. The molecule has 2 aliphatic heterocycles. The lowest BCUT2D eigenvalue weighted by Crippen LogP contribution is -2.19. The van der Waals surface area contributed by atoms with Gasteiger partial charge in [-0.15, -0.1) is 0 Å². The van der Waals surface area contributed by atoms with Crippen molar-refractivity contribution in [2.45, 2.75) is 38.5 Å². The zero-order chi connectivity index (χ0) is 43.8. The summed E-state index contributed by atoms with van der Waals surface area (Å²) in [6.45, 7) is 9.49. The van der Waals surface area contributed by atoms with E-state index in [0.717, 1.165) is 112 Å². The Balaban J connectivity index is 1.00. The number of anilines is 6. The van der Waals surface area contributed by atoms with E-state index in [2.05, 4.69) is 183 Å². The highest BCUT2D eigenvalue weighted by Gasteiger charge is 2.46. The van der Waals surface area contributed by atoms with Gasteiger partial charge in [-0.05, 0) is 118 Å². The summed E-state index contributed by atoms with van der Waals surface area (Å²) in [5.74, 6) is 3.28. The van der Waals surface area contributed by atoms with Crippen LogP contribution in [-0.4, -0.2) is 0 Å². The summed E-state index contributed by atoms with van der Waals surface area (Å²) < 4.78 is 27.3. The number of para-hydroxylation sites is 10. The topological polar surface area (TPSA) is 51.2 Å². The third-order valence-corrected chi connectivity index (χ3v) is 15.0. The molecule has 2 aliphatic carbocycles. The molecule has 6 heteroatoms. The first-order valence-corrected chi connectivity index (χ1v) is 22.7. The van der Waals surface area contributed by atoms with Gasteiger partial charge in [-0.1, -0.05) is 113 Å². The minimum absolute atomic E-state index is 0.395. The average Bonchev–Trinajstić information content (AvgIpc) is 4.04. The molecule has 0 saturated carbocycles. The number of fused-ring (bicyclic) bond motifs is 18. The first kappa shape index (κ1) is 36.2. The smallest absolute Gasteiger partial charge is 0.151 e. The van der Waals surface area contributed by atoms with Gasteiger partial charge in [0.15, 0.2) is 23.0 Å². The molecule has 2 aromatic heterocycles. The third kappa shape index (κ3) is 4.46. The summed E-state index contributed by atoms with van der Waals surface area (Å²) in [6.07, 6.45) is 0. The van der Waals surface area contributed by atoms with E-state index in [-0.39, 0.29) is 0 Å². The Labute approximate surface area is 380 Å². The molecule has 0 amide bonds. The molecule has 0 bridgehead atoms. The standard InChI is InChI=1S/C60H40N2O4/c1-59(2)37-29-36-38(30-35(37)53-39(59)31-45(55-33-17-5-11-23-47(33)65-57(53)55)61-41-19-7-13-25-49(41)63-50-26-14-8-20-42(50)61)60(3,4)40-32-46(56-34-18-6-12-24-48(34)66-58(56)54(36)40)62-43-21-9-15-27-51(43)64-52-28-16-10-22-44(52)62/h5-32H,1-4H3. The van der Waals surface area contributed by atoms with Crippen LogP contribution in [0.3, 0.4) is 0 Å². The fraction of sp³-hybridized carbons (Fsp3) is 0.100. The highest BCUT2D eigenvalue weighted by atomic mass is 16.5. The van der Waals surface area contributed by atoms with Crippen LogP contribution in [0.2, 0.25) is 0 Å². The lowest BCUT2D eigenvalue weighted by Gasteiger charge is -2.34. The second-order valence-corrected chi connectivity index (χ2v) is 19.2. The maximum atomic E-state index is 7.13. The molecule has 0 atom stereocenters.